The molecule has 6 heteroatoms. The summed E-state index contributed by atoms with van der Waals surface area (Å²) in [7, 11) is 0. The summed E-state index contributed by atoms with van der Waals surface area (Å²) >= 11 is 8.65. The Hall–Kier alpha value is -1.92. The van der Waals surface area contributed by atoms with Gasteiger partial charge in [-0.1, -0.05) is 46.3 Å². The van der Waals surface area contributed by atoms with Crippen molar-refractivity contribution in [2.24, 2.45) is 5.10 Å². The highest BCUT2D eigenvalue weighted by Crippen LogP contribution is 2.21. The second-order valence-corrected chi connectivity index (χ2v) is 5.98. The highest BCUT2D eigenvalue weighted by atomic mass is 79.9. The van der Waals surface area contributed by atoms with Crippen LogP contribution in [0, 0.1) is 0 Å². The molecule has 0 saturated heterocycles. The molecule has 4 nitrogen and oxygen atoms in total. The molecule has 0 atom stereocenters. The first-order chi connectivity index (χ1) is 11.2. The van der Waals surface area contributed by atoms with Crippen LogP contribution < -0.4 is 15.5 Å². The maximum Gasteiger partial charge on any atom is 0.187 e. The molecule has 0 amide bonds. The maximum absolute atomic E-state index is 5.57. The van der Waals surface area contributed by atoms with Gasteiger partial charge in [0.2, 0.25) is 0 Å². The number of hydrazone groups is 1. The van der Waals surface area contributed by atoms with Gasteiger partial charge in [-0.05, 0) is 42.9 Å². The molecule has 0 aliphatic heterocycles. The molecule has 0 radical (unpaired) electrons. The number of benzene rings is 2. The second-order valence-electron chi connectivity index (χ2n) is 4.65. The molecule has 0 fully saturated rings. The maximum atomic E-state index is 5.57. The summed E-state index contributed by atoms with van der Waals surface area (Å²) in [6, 6.07) is 15.8. The zero-order chi connectivity index (χ0) is 16.5. The van der Waals surface area contributed by atoms with Gasteiger partial charge >= 0.3 is 0 Å². The lowest BCUT2D eigenvalue weighted by Gasteiger charge is -2.08. The molecule has 2 N–H and O–H groups in total. The van der Waals surface area contributed by atoms with Crippen molar-refractivity contribution in [3.8, 4) is 5.75 Å². The topological polar surface area (TPSA) is 45.6 Å². The van der Waals surface area contributed by atoms with E-state index in [0.717, 1.165) is 21.3 Å². The summed E-state index contributed by atoms with van der Waals surface area (Å²) in [5.41, 5.74) is 4.84. The van der Waals surface area contributed by atoms with Crippen molar-refractivity contribution in [2.75, 3.05) is 6.61 Å². The largest absolute Gasteiger partial charge is 0.493 e. The fourth-order valence-corrected chi connectivity index (χ4v) is 2.39. The van der Waals surface area contributed by atoms with Crippen molar-refractivity contribution in [1.82, 2.24) is 10.7 Å². The van der Waals surface area contributed by atoms with Crippen LogP contribution in [-0.2, 0) is 6.54 Å². The zero-order valence-electron chi connectivity index (χ0n) is 12.8. The van der Waals surface area contributed by atoms with Gasteiger partial charge in [-0.15, -0.1) is 0 Å². The lowest BCUT2D eigenvalue weighted by Crippen LogP contribution is -2.31. The second kappa shape index (κ2) is 9.27. The van der Waals surface area contributed by atoms with E-state index in [-0.39, 0.29) is 0 Å². The fourth-order valence-electron chi connectivity index (χ4n) is 1.89. The summed E-state index contributed by atoms with van der Waals surface area (Å²) in [4.78, 5) is 0. The highest BCUT2D eigenvalue weighted by Gasteiger charge is 2.02. The molecule has 2 aromatic carbocycles. The summed E-state index contributed by atoms with van der Waals surface area (Å²) in [6.07, 6.45) is 1.69. The van der Waals surface area contributed by atoms with Gasteiger partial charge in [0, 0.05) is 16.6 Å². The zero-order valence-corrected chi connectivity index (χ0v) is 15.2. The molecule has 0 spiro atoms. The van der Waals surface area contributed by atoms with E-state index in [1.807, 2.05) is 55.5 Å². The third kappa shape index (κ3) is 6.00. The van der Waals surface area contributed by atoms with Crippen LogP contribution in [-0.4, -0.2) is 17.9 Å². The van der Waals surface area contributed by atoms with E-state index < -0.39 is 0 Å². The Balaban J connectivity index is 1.88. The molecule has 2 rings (SSSR count). The van der Waals surface area contributed by atoms with Crippen LogP contribution >= 0.6 is 28.1 Å². The summed E-state index contributed by atoms with van der Waals surface area (Å²) in [5.74, 6) is 0.782. The van der Waals surface area contributed by atoms with Crippen LogP contribution in [0.25, 0.3) is 0 Å². The van der Waals surface area contributed by atoms with E-state index >= 15 is 0 Å². The van der Waals surface area contributed by atoms with Crippen LogP contribution in [0.15, 0.2) is 58.1 Å². The SMILES string of the molecule is CCOc1ccc(Br)cc1/C=N/NC(=S)NCc1ccccc1. The van der Waals surface area contributed by atoms with E-state index in [0.29, 0.717) is 18.3 Å². The van der Waals surface area contributed by atoms with Crippen LogP contribution in [0.4, 0.5) is 0 Å². The quantitative estimate of drug-likeness (QED) is 0.446. The van der Waals surface area contributed by atoms with E-state index in [1.165, 1.54) is 0 Å². The minimum atomic E-state index is 0.470. The molecule has 0 aliphatic carbocycles. The summed E-state index contributed by atoms with van der Waals surface area (Å²) in [5, 5.41) is 7.73. The van der Waals surface area contributed by atoms with E-state index in [4.69, 9.17) is 17.0 Å². The van der Waals surface area contributed by atoms with Gasteiger partial charge in [0.05, 0.1) is 12.8 Å². The number of hydrogen-bond donors (Lipinski definition) is 2. The van der Waals surface area contributed by atoms with Crippen LogP contribution in [0.3, 0.4) is 0 Å². The van der Waals surface area contributed by atoms with E-state index in [1.54, 1.807) is 6.21 Å². The van der Waals surface area contributed by atoms with Gasteiger partial charge < -0.3 is 10.1 Å². The number of nitrogens with zero attached hydrogens (tertiary/aromatic N) is 1. The standard InChI is InChI=1S/C17H18BrN3OS/c1-2-22-16-9-8-15(18)10-14(16)12-20-21-17(23)19-11-13-6-4-3-5-7-13/h3-10,12H,2,11H2,1H3,(H2,19,21,23)/b20-12+. The Morgan fingerprint density at radius 1 is 1.26 bits per heavy atom. The molecular formula is C17H18BrN3OS. The van der Waals surface area contributed by atoms with Crippen molar-refractivity contribution < 1.29 is 4.74 Å². The number of halogens is 1. The Kier molecular flexibility index (Phi) is 7.03. The lowest BCUT2D eigenvalue weighted by atomic mass is 10.2. The van der Waals surface area contributed by atoms with Gasteiger partial charge in [-0.25, -0.2) is 0 Å². The third-order valence-electron chi connectivity index (χ3n) is 2.94. The minimum Gasteiger partial charge on any atom is -0.493 e. The first-order valence-corrected chi connectivity index (χ1v) is 8.42. The Bertz CT molecular complexity index is 677. The lowest BCUT2D eigenvalue weighted by molar-refractivity contribution is 0.339. The van der Waals surface area contributed by atoms with Crippen molar-refractivity contribution in [3.63, 3.8) is 0 Å². The number of nitrogens with one attached hydrogen (secondary N) is 2. The van der Waals surface area contributed by atoms with Crippen molar-refractivity contribution in [2.45, 2.75) is 13.5 Å². The van der Waals surface area contributed by atoms with Crippen LogP contribution in [0.5, 0.6) is 5.75 Å². The normalized spacial score (nSPS) is 10.5. The van der Waals surface area contributed by atoms with E-state index in [9.17, 15) is 0 Å². The Morgan fingerprint density at radius 2 is 2.04 bits per heavy atom. The molecule has 0 aromatic heterocycles. The average Bonchev–Trinajstić information content (AvgIpc) is 2.56. The van der Waals surface area contributed by atoms with Crippen molar-refractivity contribution in [1.29, 1.82) is 0 Å². The van der Waals surface area contributed by atoms with Crippen molar-refractivity contribution in [3.05, 3.63) is 64.1 Å². The first-order valence-electron chi connectivity index (χ1n) is 7.22. The number of ether oxygens (including phenoxy) is 1. The fraction of sp³-hybridized carbons (Fsp3) is 0.176. The molecule has 0 unspecified atom stereocenters. The molecule has 0 bridgehead atoms. The van der Waals surface area contributed by atoms with Crippen molar-refractivity contribution >= 4 is 39.5 Å². The van der Waals surface area contributed by atoms with Gasteiger partial charge in [0.15, 0.2) is 5.11 Å². The number of hydrogen-bond acceptors (Lipinski definition) is 3. The summed E-state index contributed by atoms with van der Waals surface area (Å²) in [6.45, 7) is 3.21. The predicted octanol–water partition coefficient (Wildman–Crippen LogP) is 3.85. The molecule has 0 heterocycles. The summed E-state index contributed by atoms with van der Waals surface area (Å²) < 4.78 is 6.53. The van der Waals surface area contributed by atoms with Crippen LogP contribution in [0.2, 0.25) is 0 Å². The average molecular weight is 392 g/mol. The molecular weight excluding hydrogens is 374 g/mol. The highest BCUT2D eigenvalue weighted by molar-refractivity contribution is 9.10. The minimum absolute atomic E-state index is 0.470. The van der Waals surface area contributed by atoms with Gasteiger partial charge in [0.1, 0.15) is 5.75 Å². The van der Waals surface area contributed by atoms with E-state index in [2.05, 4.69) is 31.8 Å². The molecule has 23 heavy (non-hydrogen) atoms. The molecule has 0 aliphatic rings. The first kappa shape index (κ1) is 17.4. The number of rotatable bonds is 6. The van der Waals surface area contributed by atoms with Gasteiger partial charge in [0.25, 0.3) is 0 Å². The van der Waals surface area contributed by atoms with Gasteiger partial charge in [-0.3, -0.25) is 5.43 Å². The molecule has 2 aromatic rings. The molecule has 0 saturated carbocycles. The smallest absolute Gasteiger partial charge is 0.187 e. The third-order valence-corrected chi connectivity index (χ3v) is 3.67. The van der Waals surface area contributed by atoms with Crippen LogP contribution in [0.1, 0.15) is 18.1 Å². The predicted molar refractivity (Wildman–Crippen MR) is 102 cm³/mol. The molecule has 120 valence electrons. The number of thiocarbonyl (C=S) groups is 1. The monoisotopic (exact) mass is 391 g/mol. The van der Waals surface area contributed by atoms with Gasteiger partial charge in [-0.2, -0.15) is 5.10 Å². The Morgan fingerprint density at radius 3 is 2.78 bits per heavy atom. The Labute approximate surface area is 150 Å².